The molecule has 188 valence electrons. The van der Waals surface area contributed by atoms with Gasteiger partial charge >= 0.3 is 0 Å². The second-order valence-corrected chi connectivity index (χ2v) is 11.5. The molecule has 0 atom stereocenters. The highest BCUT2D eigenvalue weighted by molar-refractivity contribution is 9.10. The fourth-order valence-electron chi connectivity index (χ4n) is 4.36. The number of hydrogen-bond donors (Lipinski definition) is 4. The molecule has 0 bridgehead atoms. The zero-order valence-electron chi connectivity index (χ0n) is 19.0. The lowest BCUT2D eigenvalue weighted by Gasteiger charge is -2.31. The van der Waals surface area contributed by atoms with Crippen LogP contribution in [0.2, 0.25) is 0 Å². The van der Waals surface area contributed by atoms with Gasteiger partial charge in [0.1, 0.15) is 23.1 Å². The third-order valence-electron chi connectivity index (χ3n) is 6.27. The zero-order chi connectivity index (χ0) is 25.4. The van der Waals surface area contributed by atoms with Crippen molar-refractivity contribution in [2.24, 2.45) is 5.92 Å². The van der Waals surface area contributed by atoms with Gasteiger partial charge in [0, 0.05) is 49.5 Å². The second kappa shape index (κ2) is 9.60. The standard InChI is InChI=1S/C24H24BrN5O5S/c25-20-14-27-30-23(12-21(28-24(20)30)19-3-1-2-4-22(19)33)26-13-15-5-7-29(8-6-15)36(34,35)18-10-16(31)9-17(32)11-18/h1-4,9-12,14-15,26,31-33H,5-8,13H2. The van der Waals surface area contributed by atoms with E-state index >= 15 is 0 Å². The number of aromatic nitrogens is 3. The first-order valence-electron chi connectivity index (χ1n) is 11.3. The van der Waals surface area contributed by atoms with E-state index in [2.05, 4.69) is 31.3 Å². The lowest BCUT2D eigenvalue weighted by Crippen LogP contribution is -2.39. The fraction of sp³-hybridized carbons (Fsp3) is 0.250. The molecule has 4 aromatic rings. The maximum Gasteiger partial charge on any atom is 0.243 e. The highest BCUT2D eigenvalue weighted by atomic mass is 79.9. The molecule has 2 aromatic carbocycles. The van der Waals surface area contributed by atoms with Gasteiger partial charge in [-0.2, -0.15) is 13.9 Å². The van der Waals surface area contributed by atoms with Crippen LogP contribution in [0.5, 0.6) is 17.2 Å². The third-order valence-corrected chi connectivity index (χ3v) is 8.70. The van der Waals surface area contributed by atoms with Crippen molar-refractivity contribution >= 4 is 37.4 Å². The maximum atomic E-state index is 13.0. The summed E-state index contributed by atoms with van der Waals surface area (Å²) in [5.41, 5.74) is 1.81. The van der Waals surface area contributed by atoms with Gasteiger partial charge in [0.05, 0.1) is 21.3 Å². The lowest BCUT2D eigenvalue weighted by atomic mass is 9.98. The fourth-order valence-corrected chi connectivity index (χ4v) is 6.24. The molecule has 5 rings (SSSR count). The van der Waals surface area contributed by atoms with Gasteiger partial charge in [0.2, 0.25) is 10.0 Å². The van der Waals surface area contributed by atoms with Crippen LogP contribution in [0.4, 0.5) is 5.82 Å². The molecule has 1 saturated heterocycles. The molecule has 0 spiro atoms. The number of nitrogens with one attached hydrogen (secondary N) is 1. The Morgan fingerprint density at radius 2 is 1.72 bits per heavy atom. The van der Waals surface area contributed by atoms with Crippen LogP contribution < -0.4 is 5.32 Å². The molecule has 12 heteroatoms. The topological polar surface area (TPSA) is 140 Å². The van der Waals surface area contributed by atoms with Crippen LogP contribution in [0.3, 0.4) is 0 Å². The van der Waals surface area contributed by atoms with E-state index in [4.69, 9.17) is 0 Å². The molecule has 0 unspecified atom stereocenters. The van der Waals surface area contributed by atoms with Crippen molar-refractivity contribution in [1.82, 2.24) is 18.9 Å². The average Bonchev–Trinajstić information content (AvgIpc) is 3.23. The minimum atomic E-state index is -3.82. The summed E-state index contributed by atoms with van der Waals surface area (Å²) >= 11 is 3.48. The Bertz CT molecular complexity index is 1510. The van der Waals surface area contributed by atoms with Gasteiger partial charge in [0.15, 0.2) is 5.65 Å². The Hall–Kier alpha value is -3.35. The molecule has 1 aliphatic rings. The first-order valence-corrected chi connectivity index (χ1v) is 13.6. The van der Waals surface area contributed by atoms with Crippen LogP contribution in [-0.2, 0) is 10.0 Å². The molecule has 2 aromatic heterocycles. The summed E-state index contributed by atoms with van der Waals surface area (Å²) in [6, 6.07) is 12.2. The summed E-state index contributed by atoms with van der Waals surface area (Å²) in [4.78, 5) is 4.52. The molecule has 3 heterocycles. The van der Waals surface area contributed by atoms with Crippen molar-refractivity contribution in [3.05, 3.63) is 59.2 Å². The van der Waals surface area contributed by atoms with Crippen molar-refractivity contribution in [3.8, 4) is 28.5 Å². The summed E-state index contributed by atoms with van der Waals surface area (Å²) in [5, 5.41) is 37.5. The number of anilines is 1. The van der Waals surface area contributed by atoms with Gasteiger partial charge in [-0.15, -0.1) is 0 Å². The highest BCUT2D eigenvalue weighted by Crippen LogP contribution is 2.32. The van der Waals surface area contributed by atoms with E-state index < -0.39 is 10.0 Å². The number of piperidine rings is 1. The minimum Gasteiger partial charge on any atom is -0.508 e. The number of sulfonamides is 1. The van der Waals surface area contributed by atoms with E-state index in [0.717, 1.165) is 22.7 Å². The summed E-state index contributed by atoms with van der Waals surface area (Å²) in [7, 11) is -3.82. The van der Waals surface area contributed by atoms with Crippen LogP contribution in [0, 0.1) is 5.92 Å². The van der Waals surface area contributed by atoms with E-state index in [1.807, 2.05) is 12.1 Å². The van der Waals surface area contributed by atoms with E-state index in [-0.39, 0.29) is 28.1 Å². The van der Waals surface area contributed by atoms with Crippen LogP contribution >= 0.6 is 15.9 Å². The highest BCUT2D eigenvalue weighted by Gasteiger charge is 2.30. The molecule has 0 aliphatic carbocycles. The Morgan fingerprint density at radius 1 is 1.03 bits per heavy atom. The lowest BCUT2D eigenvalue weighted by molar-refractivity contribution is 0.282. The molecule has 0 amide bonds. The van der Waals surface area contributed by atoms with E-state index in [1.54, 1.807) is 28.9 Å². The first kappa shape index (κ1) is 24.3. The van der Waals surface area contributed by atoms with Gasteiger partial charge < -0.3 is 20.6 Å². The number of benzene rings is 2. The molecular weight excluding hydrogens is 550 g/mol. The number of nitrogens with zero attached hydrogens (tertiary/aromatic N) is 4. The van der Waals surface area contributed by atoms with E-state index in [1.165, 1.54) is 4.31 Å². The van der Waals surface area contributed by atoms with E-state index in [9.17, 15) is 23.7 Å². The minimum absolute atomic E-state index is 0.128. The average molecular weight is 574 g/mol. The number of fused-ring (bicyclic) bond motifs is 1. The smallest absolute Gasteiger partial charge is 0.243 e. The number of aromatic hydroxyl groups is 3. The molecule has 10 nitrogen and oxygen atoms in total. The van der Waals surface area contributed by atoms with Crippen LogP contribution in [0.25, 0.3) is 16.9 Å². The van der Waals surface area contributed by atoms with Gasteiger partial charge in [-0.1, -0.05) is 12.1 Å². The zero-order valence-corrected chi connectivity index (χ0v) is 21.4. The van der Waals surface area contributed by atoms with Crippen molar-refractivity contribution in [1.29, 1.82) is 0 Å². The molecule has 1 fully saturated rings. The maximum absolute atomic E-state index is 13.0. The SMILES string of the molecule is O=S(=O)(c1cc(O)cc(O)c1)N1CCC(CNc2cc(-c3ccccc3O)nc3c(Br)cnn23)CC1. The monoisotopic (exact) mass is 573 g/mol. The number of rotatable bonds is 6. The molecule has 0 saturated carbocycles. The van der Waals surface area contributed by atoms with Gasteiger partial charge in [0.25, 0.3) is 0 Å². The van der Waals surface area contributed by atoms with Crippen molar-refractivity contribution < 1.29 is 23.7 Å². The second-order valence-electron chi connectivity index (χ2n) is 8.69. The number of halogens is 1. The summed E-state index contributed by atoms with van der Waals surface area (Å²) in [6.07, 6.45) is 2.94. The van der Waals surface area contributed by atoms with Crippen LogP contribution in [0.1, 0.15) is 12.8 Å². The van der Waals surface area contributed by atoms with E-state index in [0.29, 0.717) is 55.2 Å². The van der Waals surface area contributed by atoms with Crippen LogP contribution in [-0.4, -0.2) is 62.3 Å². The Balaban J connectivity index is 1.30. The first-order chi connectivity index (χ1) is 17.2. The number of phenols is 3. The normalized spacial score (nSPS) is 15.4. The third kappa shape index (κ3) is 4.71. The largest absolute Gasteiger partial charge is 0.508 e. The van der Waals surface area contributed by atoms with Crippen molar-refractivity contribution in [2.45, 2.75) is 17.7 Å². The number of phenolic OH excluding ortho intramolecular Hbond substituents is 3. The van der Waals surface area contributed by atoms with Crippen molar-refractivity contribution in [2.75, 3.05) is 25.0 Å². The molecule has 4 N–H and O–H groups in total. The van der Waals surface area contributed by atoms with Crippen molar-refractivity contribution in [3.63, 3.8) is 0 Å². The number of hydrogen-bond acceptors (Lipinski definition) is 8. The molecule has 0 radical (unpaired) electrons. The Morgan fingerprint density at radius 3 is 2.42 bits per heavy atom. The Kier molecular flexibility index (Phi) is 6.49. The number of para-hydroxylation sites is 1. The molecule has 1 aliphatic heterocycles. The Labute approximate surface area is 216 Å². The van der Waals surface area contributed by atoms with Gasteiger partial charge in [-0.25, -0.2) is 13.4 Å². The quantitative estimate of drug-likeness (QED) is 0.273. The molecular formula is C24H24BrN5O5S. The van der Waals surface area contributed by atoms with Gasteiger partial charge in [-0.05, 0) is 46.8 Å². The summed E-state index contributed by atoms with van der Waals surface area (Å²) in [5.74, 6) is 0.443. The summed E-state index contributed by atoms with van der Waals surface area (Å²) in [6.45, 7) is 1.25. The van der Waals surface area contributed by atoms with Gasteiger partial charge in [-0.3, -0.25) is 0 Å². The van der Waals surface area contributed by atoms with Crippen LogP contribution in [0.15, 0.2) is 64.1 Å². The predicted octanol–water partition coefficient (Wildman–Crippen LogP) is 3.79. The molecule has 36 heavy (non-hydrogen) atoms. The predicted molar refractivity (Wildman–Crippen MR) is 138 cm³/mol. The summed E-state index contributed by atoms with van der Waals surface area (Å²) < 4.78 is 29.7.